The first kappa shape index (κ1) is 6.54. The number of carbonyl (C=O) groups is 1. The van der Waals surface area contributed by atoms with E-state index >= 15 is 0 Å². The summed E-state index contributed by atoms with van der Waals surface area (Å²) in [5.41, 5.74) is 0.523. The Kier molecular flexibility index (Phi) is 1.29. The highest BCUT2D eigenvalue weighted by Crippen LogP contribution is 2.20. The molecular formula is C7H7NO3. The Morgan fingerprint density at radius 3 is 3.27 bits per heavy atom. The van der Waals surface area contributed by atoms with Crippen molar-refractivity contribution in [2.24, 2.45) is 0 Å². The average molecular weight is 153 g/mol. The fourth-order valence-electron chi connectivity index (χ4n) is 1.25. The molecule has 0 saturated heterocycles. The lowest BCUT2D eigenvalue weighted by molar-refractivity contribution is 0.0835. The summed E-state index contributed by atoms with van der Waals surface area (Å²) in [6.07, 6.45) is 1.40. The molecule has 0 aromatic carbocycles. The Hall–Kier alpha value is -1.16. The highest BCUT2D eigenvalue weighted by atomic mass is 16.5. The molecule has 1 aromatic rings. The van der Waals surface area contributed by atoms with E-state index in [0.29, 0.717) is 17.7 Å². The molecule has 2 rings (SSSR count). The van der Waals surface area contributed by atoms with E-state index in [4.69, 9.17) is 9.63 Å². The minimum absolute atomic E-state index is 0.0833. The number of carbonyl (C=O) groups excluding carboxylic acids is 1. The predicted octanol–water partition coefficient (Wildman–Crippen LogP) is 0.164. The van der Waals surface area contributed by atoms with Gasteiger partial charge < -0.3 is 9.63 Å². The lowest BCUT2D eigenvalue weighted by Crippen LogP contribution is -2.22. The van der Waals surface area contributed by atoms with Crippen LogP contribution >= 0.6 is 0 Å². The van der Waals surface area contributed by atoms with Crippen LogP contribution in [0, 0.1) is 0 Å². The van der Waals surface area contributed by atoms with E-state index in [1.807, 2.05) is 0 Å². The van der Waals surface area contributed by atoms with E-state index < -0.39 is 6.10 Å². The van der Waals surface area contributed by atoms with Crippen molar-refractivity contribution < 1.29 is 14.4 Å². The van der Waals surface area contributed by atoms with Gasteiger partial charge in [-0.2, -0.15) is 0 Å². The van der Waals surface area contributed by atoms with Crippen LogP contribution in [0.4, 0.5) is 0 Å². The van der Waals surface area contributed by atoms with Gasteiger partial charge in [0.15, 0.2) is 5.78 Å². The summed E-state index contributed by atoms with van der Waals surface area (Å²) in [7, 11) is 0. The van der Waals surface area contributed by atoms with Crippen molar-refractivity contribution in [2.75, 3.05) is 0 Å². The average Bonchev–Trinajstić information content (AvgIpc) is 2.34. The molecule has 0 saturated carbocycles. The number of aliphatic hydroxyl groups is 1. The summed E-state index contributed by atoms with van der Waals surface area (Å²) in [5, 5.41) is 12.6. The van der Waals surface area contributed by atoms with Crippen molar-refractivity contribution in [3.63, 3.8) is 0 Å². The molecule has 1 aliphatic rings. The van der Waals surface area contributed by atoms with Crippen LogP contribution in [0.1, 0.15) is 22.5 Å². The van der Waals surface area contributed by atoms with Crippen molar-refractivity contribution in [1.82, 2.24) is 5.16 Å². The first-order valence-corrected chi connectivity index (χ1v) is 3.42. The van der Waals surface area contributed by atoms with Crippen LogP contribution in [0.3, 0.4) is 0 Å². The minimum Gasteiger partial charge on any atom is -0.392 e. The van der Waals surface area contributed by atoms with Gasteiger partial charge in [-0.05, 0) is 0 Å². The van der Waals surface area contributed by atoms with Crippen LogP contribution < -0.4 is 0 Å². The van der Waals surface area contributed by atoms with Gasteiger partial charge in [-0.15, -0.1) is 0 Å². The summed E-state index contributed by atoms with van der Waals surface area (Å²) < 4.78 is 4.77. The first-order valence-electron chi connectivity index (χ1n) is 3.42. The van der Waals surface area contributed by atoms with Crippen LogP contribution in [0.15, 0.2) is 10.7 Å². The highest BCUT2D eigenvalue weighted by Gasteiger charge is 2.26. The number of ketones is 1. The molecule has 58 valence electrons. The summed E-state index contributed by atoms with van der Waals surface area (Å²) in [6.45, 7) is 0. The Morgan fingerprint density at radius 2 is 2.45 bits per heavy atom. The maximum atomic E-state index is 11.1. The van der Waals surface area contributed by atoms with Crippen molar-refractivity contribution in [2.45, 2.75) is 18.9 Å². The van der Waals surface area contributed by atoms with Gasteiger partial charge in [0.25, 0.3) is 0 Å². The van der Waals surface area contributed by atoms with Gasteiger partial charge in [-0.3, -0.25) is 4.79 Å². The number of rotatable bonds is 0. The molecule has 11 heavy (non-hydrogen) atoms. The third-order valence-electron chi connectivity index (χ3n) is 1.79. The standard InChI is InChI=1S/C7H7NO3/c9-4-1-6(10)5-3-8-11-7(5)2-4/h3-4,9H,1-2H2. The summed E-state index contributed by atoms with van der Waals surface area (Å²) in [4.78, 5) is 11.1. The third kappa shape index (κ3) is 0.952. The molecule has 1 unspecified atom stereocenters. The molecule has 0 bridgehead atoms. The Morgan fingerprint density at radius 1 is 1.64 bits per heavy atom. The van der Waals surface area contributed by atoms with Crippen LogP contribution in [-0.2, 0) is 6.42 Å². The molecule has 1 aliphatic carbocycles. The van der Waals surface area contributed by atoms with Gasteiger partial charge in [-0.1, -0.05) is 5.16 Å². The predicted molar refractivity (Wildman–Crippen MR) is 35.2 cm³/mol. The van der Waals surface area contributed by atoms with E-state index in [2.05, 4.69) is 5.16 Å². The Balaban J connectivity index is 2.44. The number of hydrogen-bond acceptors (Lipinski definition) is 4. The smallest absolute Gasteiger partial charge is 0.170 e. The minimum atomic E-state index is -0.594. The molecular weight excluding hydrogens is 146 g/mol. The zero-order valence-corrected chi connectivity index (χ0v) is 5.78. The molecule has 1 aromatic heterocycles. The van der Waals surface area contributed by atoms with Gasteiger partial charge in [-0.25, -0.2) is 0 Å². The zero-order chi connectivity index (χ0) is 7.84. The van der Waals surface area contributed by atoms with Crippen molar-refractivity contribution in [3.8, 4) is 0 Å². The summed E-state index contributed by atoms with van der Waals surface area (Å²) >= 11 is 0. The van der Waals surface area contributed by atoms with E-state index in [0.717, 1.165) is 0 Å². The second kappa shape index (κ2) is 2.17. The second-order valence-corrected chi connectivity index (χ2v) is 2.65. The summed E-state index contributed by atoms with van der Waals surface area (Å²) in [5.74, 6) is 0.425. The number of aliphatic hydroxyl groups excluding tert-OH is 1. The van der Waals surface area contributed by atoms with Crippen molar-refractivity contribution in [1.29, 1.82) is 0 Å². The first-order chi connectivity index (χ1) is 5.27. The maximum Gasteiger partial charge on any atom is 0.170 e. The van der Waals surface area contributed by atoms with E-state index in [1.54, 1.807) is 0 Å². The lowest BCUT2D eigenvalue weighted by atomic mass is 9.95. The van der Waals surface area contributed by atoms with E-state index in [-0.39, 0.29) is 12.2 Å². The van der Waals surface area contributed by atoms with Crippen LogP contribution in [0.25, 0.3) is 0 Å². The number of hydrogen-bond donors (Lipinski definition) is 1. The maximum absolute atomic E-state index is 11.1. The van der Waals surface area contributed by atoms with Crippen LogP contribution in [0.5, 0.6) is 0 Å². The van der Waals surface area contributed by atoms with Gasteiger partial charge in [0.05, 0.1) is 17.9 Å². The molecule has 1 heterocycles. The number of Topliss-reactive ketones (excluding diaryl/α,β-unsaturated/α-hetero) is 1. The van der Waals surface area contributed by atoms with Crippen LogP contribution in [-0.4, -0.2) is 22.2 Å². The van der Waals surface area contributed by atoms with Gasteiger partial charge in [0.2, 0.25) is 0 Å². The number of nitrogens with zero attached hydrogens (tertiary/aromatic N) is 1. The molecule has 0 spiro atoms. The molecule has 0 fully saturated rings. The molecule has 1 atom stereocenters. The molecule has 4 heteroatoms. The monoisotopic (exact) mass is 153 g/mol. The van der Waals surface area contributed by atoms with Gasteiger partial charge in [0, 0.05) is 12.8 Å². The van der Waals surface area contributed by atoms with Crippen molar-refractivity contribution >= 4 is 5.78 Å². The van der Waals surface area contributed by atoms with Crippen LogP contribution in [0.2, 0.25) is 0 Å². The molecule has 4 nitrogen and oxygen atoms in total. The number of fused-ring (bicyclic) bond motifs is 1. The lowest BCUT2D eigenvalue weighted by Gasteiger charge is -2.12. The van der Waals surface area contributed by atoms with Gasteiger partial charge >= 0.3 is 0 Å². The molecule has 0 aliphatic heterocycles. The fraction of sp³-hybridized carbons (Fsp3) is 0.429. The third-order valence-corrected chi connectivity index (χ3v) is 1.79. The zero-order valence-electron chi connectivity index (χ0n) is 5.78. The normalized spacial score (nSPS) is 23.4. The Bertz CT molecular complexity index is 292. The molecule has 0 amide bonds. The summed E-state index contributed by atoms with van der Waals surface area (Å²) in [6, 6.07) is 0. The second-order valence-electron chi connectivity index (χ2n) is 2.65. The number of aromatic nitrogens is 1. The molecule has 1 N–H and O–H groups in total. The Labute approximate surface area is 62.8 Å². The van der Waals surface area contributed by atoms with Gasteiger partial charge in [0.1, 0.15) is 5.76 Å². The topological polar surface area (TPSA) is 63.3 Å². The fourth-order valence-corrected chi connectivity index (χ4v) is 1.25. The van der Waals surface area contributed by atoms with E-state index in [1.165, 1.54) is 6.20 Å². The quantitative estimate of drug-likeness (QED) is 0.576. The van der Waals surface area contributed by atoms with E-state index in [9.17, 15) is 4.79 Å². The molecule has 0 radical (unpaired) electrons. The SMILES string of the molecule is O=C1CC(O)Cc2oncc21. The van der Waals surface area contributed by atoms with Crippen molar-refractivity contribution in [3.05, 3.63) is 17.5 Å². The highest BCUT2D eigenvalue weighted by molar-refractivity contribution is 5.97. The largest absolute Gasteiger partial charge is 0.392 e.